The lowest BCUT2D eigenvalue weighted by Crippen LogP contribution is -2.37. The van der Waals surface area contributed by atoms with Gasteiger partial charge in [-0.3, -0.25) is 14.2 Å². The molecular weight excluding hydrogens is 581 g/mol. The number of phosphoric acid groups is 1. The molecule has 10 heteroatoms. The van der Waals surface area contributed by atoms with Gasteiger partial charge in [-0.25, -0.2) is 0 Å². The molecule has 1 unspecified atom stereocenters. The van der Waals surface area contributed by atoms with Crippen molar-refractivity contribution in [2.75, 3.05) is 47.5 Å². The van der Waals surface area contributed by atoms with Crippen LogP contribution in [0.1, 0.15) is 142 Å². The van der Waals surface area contributed by atoms with E-state index in [1.807, 2.05) is 21.1 Å². The summed E-state index contributed by atoms with van der Waals surface area (Å²) in [6, 6.07) is 0. The van der Waals surface area contributed by atoms with E-state index in [4.69, 9.17) is 18.5 Å². The lowest BCUT2D eigenvalue weighted by atomic mass is 10.1. The molecule has 260 valence electrons. The van der Waals surface area contributed by atoms with Gasteiger partial charge in [0.2, 0.25) is 0 Å². The summed E-state index contributed by atoms with van der Waals surface area (Å²) < 4.78 is 33.5. The Morgan fingerprint density at radius 1 is 0.682 bits per heavy atom. The molecule has 2 atom stereocenters. The van der Waals surface area contributed by atoms with Crippen LogP contribution in [0.5, 0.6) is 0 Å². The smallest absolute Gasteiger partial charge is 0.306 e. The summed E-state index contributed by atoms with van der Waals surface area (Å²) in [7, 11) is 1.16. The number of rotatable bonds is 31. The number of esters is 2. The van der Waals surface area contributed by atoms with E-state index in [9.17, 15) is 19.0 Å². The highest BCUT2D eigenvalue weighted by atomic mass is 31.2. The molecule has 0 aliphatic carbocycles. The van der Waals surface area contributed by atoms with Gasteiger partial charge in [0, 0.05) is 12.8 Å². The first-order valence-corrected chi connectivity index (χ1v) is 18.9. The van der Waals surface area contributed by atoms with Crippen molar-refractivity contribution in [1.82, 2.24) is 0 Å². The van der Waals surface area contributed by atoms with Crippen LogP contribution >= 0.6 is 7.82 Å². The molecule has 0 bridgehead atoms. The van der Waals surface area contributed by atoms with Crippen molar-refractivity contribution < 1.29 is 42.1 Å². The molecule has 0 N–H and O–H groups in total. The summed E-state index contributed by atoms with van der Waals surface area (Å²) in [5.41, 5.74) is 0. The minimum absolute atomic E-state index is 0.0309. The van der Waals surface area contributed by atoms with E-state index in [0.29, 0.717) is 23.9 Å². The van der Waals surface area contributed by atoms with E-state index in [-0.39, 0.29) is 26.1 Å². The quantitative estimate of drug-likeness (QED) is 0.0244. The average molecular weight is 648 g/mol. The number of ether oxygens (including phenoxy) is 2. The molecule has 0 heterocycles. The first-order valence-electron chi connectivity index (χ1n) is 17.4. The average Bonchev–Trinajstić information content (AvgIpc) is 2.95. The monoisotopic (exact) mass is 647 g/mol. The second-order valence-corrected chi connectivity index (χ2v) is 14.3. The van der Waals surface area contributed by atoms with E-state index < -0.39 is 32.5 Å². The maximum Gasteiger partial charge on any atom is 0.306 e. The molecule has 0 aliphatic heterocycles. The van der Waals surface area contributed by atoms with Crippen molar-refractivity contribution in [2.45, 2.75) is 148 Å². The van der Waals surface area contributed by atoms with Crippen LogP contribution in [0.15, 0.2) is 12.2 Å². The fourth-order valence-corrected chi connectivity index (χ4v) is 5.20. The largest absolute Gasteiger partial charge is 0.756 e. The van der Waals surface area contributed by atoms with Crippen LogP contribution in [0, 0.1) is 0 Å². The second kappa shape index (κ2) is 28.0. The van der Waals surface area contributed by atoms with Gasteiger partial charge < -0.3 is 27.9 Å². The highest BCUT2D eigenvalue weighted by molar-refractivity contribution is 7.45. The van der Waals surface area contributed by atoms with Gasteiger partial charge in [0.25, 0.3) is 7.82 Å². The topological polar surface area (TPSA) is 111 Å². The number of carbonyl (C=O) groups is 2. The van der Waals surface area contributed by atoms with Crippen LogP contribution < -0.4 is 4.89 Å². The van der Waals surface area contributed by atoms with Crippen molar-refractivity contribution in [3.05, 3.63) is 12.2 Å². The Hall–Kier alpha value is -1.25. The van der Waals surface area contributed by atoms with E-state index >= 15 is 0 Å². The van der Waals surface area contributed by atoms with Gasteiger partial charge in [0.05, 0.1) is 27.7 Å². The van der Waals surface area contributed by atoms with Crippen molar-refractivity contribution in [3.63, 3.8) is 0 Å². The number of hydrogen-bond donors (Lipinski definition) is 0. The van der Waals surface area contributed by atoms with Gasteiger partial charge in [-0.05, 0) is 38.5 Å². The highest BCUT2D eigenvalue weighted by Crippen LogP contribution is 2.38. The van der Waals surface area contributed by atoms with E-state index in [1.54, 1.807) is 0 Å². The maximum atomic E-state index is 12.4. The first-order chi connectivity index (χ1) is 21.0. The number of phosphoric ester groups is 1. The molecular formula is C34H66NO8P. The van der Waals surface area contributed by atoms with Crippen LogP contribution in [0.4, 0.5) is 0 Å². The van der Waals surface area contributed by atoms with Gasteiger partial charge in [0.1, 0.15) is 19.8 Å². The van der Waals surface area contributed by atoms with Crippen molar-refractivity contribution in [2.24, 2.45) is 0 Å². The molecule has 0 saturated heterocycles. The lowest BCUT2D eigenvalue weighted by Gasteiger charge is -2.28. The number of likely N-dealkylation sites (N-methyl/N-ethyl adjacent to an activating group) is 1. The van der Waals surface area contributed by atoms with Crippen molar-refractivity contribution in [3.8, 4) is 0 Å². The van der Waals surface area contributed by atoms with E-state index in [1.165, 1.54) is 57.8 Å². The van der Waals surface area contributed by atoms with Gasteiger partial charge >= 0.3 is 11.9 Å². The van der Waals surface area contributed by atoms with Crippen LogP contribution in [-0.2, 0) is 32.7 Å². The number of quaternary nitrogens is 1. The molecule has 0 aromatic rings. The van der Waals surface area contributed by atoms with Gasteiger partial charge in [-0.15, -0.1) is 0 Å². The first kappa shape index (κ1) is 42.8. The molecule has 0 rings (SSSR count). The molecule has 0 aliphatic rings. The lowest BCUT2D eigenvalue weighted by molar-refractivity contribution is -0.870. The zero-order chi connectivity index (χ0) is 32.9. The molecule has 44 heavy (non-hydrogen) atoms. The van der Waals surface area contributed by atoms with E-state index in [2.05, 4.69) is 26.0 Å². The second-order valence-electron chi connectivity index (χ2n) is 12.9. The molecule has 0 spiro atoms. The molecule has 0 amide bonds. The third kappa shape index (κ3) is 30.8. The molecule has 0 radical (unpaired) electrons. The number of unbranched alkanes of at least 4 members (excludes halogenated alkanes) is 15. The summed E-state index contributed by atoms with van der Waals surface area (Å²) in [5, 5.41) is 0. The normalized spacial score (nSPS) is 14.0. The fraction of sp³-hybridized carbons (Fsp3) is 0.882. The molecule has 0 aromatic carbocycles. The molecule has 9 nitrogen and oxygen atoms in total. The Morgan fingerprint density at radius 3 is 1.70 bits per heavy atom. The predicted molar refractivity (Wildman–Crippen MR) is 176 cm³/mol. The summed E-state index contributed by atoms with van der Waals surface area (Å²) in [6.07, 6.45) is 24.0. The van der Waals surface area contributed by atoms with Gasteiger partial charge in [0.15, 0.2) is 6.10 Å². The molecule has 0 aromatic heterocycles. The Balaban J connectivity index is 4.45. The van der Waals surface area contributed by atoms with Crippen LogP contribution in [0.25, 0.3) is 0 Å². The van der Waals surface area contributed by atoms with E-state index in [0.717, 1.165) is 44.9 Å². The minimum Gasteiger partial charge on any atom is -0.756 e. The number of nitrogens with zero attached hydrogens (tertiary/aromatic N) is 1. The summed E-state index contributed by atoms with van der Waals surface area (Å²) in [4.78, 5) is 37.0. The Bertz CT molecular complexity index is 784. The maximum absolute atomic E-state index is 12.4. The third-order valence-electron chi connectivity index (χ3n) is 7.29. The fourth-order valence-electron chi connectivity index (χ4n) is 4.47. The molecule has 0 fully saturated rings. The number of carbonyl (C=O) groups excluding carboxylic acids is 2. The Kier molecular flexibility index (Phi) is 27.2. The predicted octanol–water partition coefficient (Wildman–Crippen LogP) is 8.05. The number of hydrogen-bond acceptors (Lipinski definition) is 8. The van der Waals surface area contributed by atoms with Crippen molar-refractivity contribution >= 4 is 19.8 Å². The molecule has 0 saturated carbocycles. The van der Waals surface area contributed by atoms with Crippen LogP contribution in [0.2, 0.25) is 0 Å². The Morgan fingerprint density at radius 2 is 1.16 bits per heavy atom. The zero-order valence-corrected chi connectivity index (χ0v) is 29.8. The van der Waals surface area contributed by atoms with Crippen molar-refractivity contribution in [1.29, 1.82) is 0 Å². The summed E-state index contributed by atoms with van der Waals surface area (Å²) >= 11 is 0. The summed E-state index contributed by atoms with van der Waals surface area (Å²) in [6.45, 7) is 4.12. The Labute approximate surface area is 269 Å². The minimum atomic E-state index is -4.60. The zero-order valence-electron chi connectivity index (χ0n) is 28.9. The number of allylic oxidation sites excluding steroid dienone is 2. The highest BCUT2D eigenvalue weighted by Gasteiger charge is 2.21. The van der Waals surface area contributed by atoms with Gasteiger partial charge in [-0.1, -0.05) is 103 Å². The van der Waals surface area contributed by atoms with Gasteiger partial charge in [-0.2, -0.15) is 0 Å². The third-order valence-corrected chi connectivity index (χ3v) is 8.25. The van der Waals surface area contributed by atoms with Crippen LogP contribution in [-0.4, -0.2) is 70.0 Å². The summed E-state index contributed by atoms with van der Waals surface area (Å²) in [5.74, 6) is -0.860. The van der Waals surface area contributed by atoms with Crippen LogP contribution in [0.3, 0.4) is 0 Å². The SMILES string of the molecule is CCCCCCCC/C=C/CCCCCC(=O)OC[C@@H](COP(=O)([O-])OCC[N+](C)(C)C)OC(=O)CCCCCCCCC. The standard InChI is InChI=1S/C34H66NO8P/c1-6-8-10-12-14-15-16-17-18-19-21-22-24-26-33(36)40-30-32(31-42-44(38,39)41-29-28-35(3,4)5)43-34(37)27-25-23-20-13-11-9-7-2/h17-18,32H,6-16,19-31H2,1-5H3/b18-17+/t32-/m0/s1.